The molecule has 0 aliphatic heterocycles. The average molecular weight is 258 g/mol. The molecule has 3 nitrogen and oxygen atoms in total. The summed E-state index contributed by atoms with van der Waals surface area (Å²) in [7, 11) is 0. The SMILES string of the molecule is Cc1ncsc1CCOCc1ccc(C#N)cc1. The zero-order valence-corrected chi connectivity index (χ0v) is 11.0. The summed E-state index contributed by atoms with van der Waals surface area (Å²) in [4.78, 5) is 5.49. The zero-order chi connectivity index (χ0) is 12.8. The zero-order valence-electron chi connectivity index (χ0n) is 10.2. The Morgan fingerprint density at radius 1 is 1.33 bits per heavy atom. The first-order valence-electron chi connectivity index (χ1n) is 5.75. The molecule has 1 aromatic heterocycles. The lowest BCUT2D eigenvalue weighted by Gasteiger charge is -2.04. The molecule has 0 saturated carbocycles. The second-order valence-electron chi connectivity index (χ2n) is 3.97. The van der Waals surface area contributed by atoms with Crippen LogP contribution < -0.4 is 0 Å². The second kappa shape index (κ2) is 6.29. The second-order valence-corrected chi connectivity index (χ2v) is 4.91. The molecule has 1 aromatic carbocycles. The average Bonchev–Trinajstić information content (AvgIpc) is 2.81. The fraction of sp³-hybridized carbons (Fsp3) is 0.286. The molecule has 0 bridgehead atoms. The molecule has 0 aliphatic rings. The molecule has 0 atom stereocenters. The maximum atomic E-state index is 8.69. The van der Waals surface area contributed by atoms with E-state index >= 15 is 0 Å². The van der Waals surface area contributed by atoms with Gasteiger partial charge >= 0.3 is 0 Å². The fourth-order valence-electron chi connectivity index (χ4n) is 1.60. The highest BCUT2D eigenvalue weighted by Gasteiger charge is 2.01. The van der Waals surface area contributed by atoms with Crippen LogP contribution in [0.5, 0.6) is 0 Å². The van der Waals surface area contributed by atoms with E-state index in [1.54, 1.807) is 11.3 Å². The van der Waals surface area contributed by atoms with E-state index in [9.17, 15) is 0 Å². The summed E-state index contributed by atoms with van der Waals surface area (Å²) < 4.78 is 5.62. The van der Waals surface area contributed by atoms with Crippen LogP contribution in [0.1, 0.15) is 21.7 Å². The fourth-order valence-corrected chi connectivity index (χ4v) is 2.36. The maximum absolute atomic E-state index is 8.69. The van der Waals surface area contributed by atoms with Gasteiger partial charge in [-0.15, -0.1) is 11.3 Å². The van der Waals surface area contributed by atoms with Crippen LogP contribution in [0.15, 0.2) is 29.8 Å². The van der Waals surface area contributed by atoms with Crippen LogP contribution in [0.3, 0.4) is 0 Å². The van der Waals surface area contributed by atoms with Crippen molar-refractivity contribution >= 4 is 11.3 Å². The third kappa shape index (κ3) is 3.39. The van der Waals surface area contributed by atoms with Gasteiger partial charge in [0, 0.05) is 11.3 Å². The number of hydrogen-bond donors (Lipinski definition) is 0. The Kier molecular flexibility index (Phi) is 4.46. The van der Waals surface area contributed by atoms with Gasteiger partial charge in [0.1, 0.15) is 0 Å². The molecular weight excluding hydrogens is 244 g/mol. The molecule has 0 unspecified atom stereocenters. The summed E-state index contributed by atoms with van der Waals surface area (Å²) in [6, 6.07) is 9.58. The molecule has 0 N–H and O–H groups in total. The van der Waals surface area contributed by atoms with E-state index in [2.05, 4.69) is 11.1 Å². The van der Waals surface area contributed by atoms with Crippen molar-refractivity contribution in [3.05, 3.63) is 51.5 Å². The van der Waals surface area contributed by atoms with E-state index in [0.717, 1.165) is 17.7 Å². The molecule has 2 rings (SSSR count). The molecule has 0 radical (unpaired) electrons. The van der Waals surface area contributed by atoms with Crippen LogP contribution in [0, 0.1) is 18.3 Å². The van der Waals surface area contributed by atoms with Gasteiger partial charge in [-0.2, -0.15) is 5.26 Å². The Morgan fingerprint density at radius 2 is 2.11 bits per heavy atom. The topological polar surface area (TPSA) is 45.9 Å². The highest BCUT2D eigenvalue weighted by Crippen LogP contribution is 2.13. The molecule has 0 aliphatic carbocycles. The highest BCUT2D eigenvalue weighted by molar-refractivity contribution is 7.09. The number of thiazole rings is 1. The maximum Gasteiger partial charge on any atom is 0.0991 e. The standard InChI is InChI=1S/C14H14N2OS/c1-11-14(18-10-16-11)6-7-17-9-13-4-2-12(8-15)3-5-13/h2-5,10H,6-7,9H2,1H3. The van der Waals surface area contributed by atoms with Gasteiger partial charge in [-0.3, -0.25) is 0 Å². The monoisotopic (exact) mass is 258 g/mol. The molecule has 4 heteroatoms. The number of benzene rings is 1. The Bertz CT molecular complexity index is 540. The number of nitriles is 1. The number of nitrogens with zero attached hydrogens (tertiary/aromatic N) is 2. The summed E-state index contributed by atoms with van der Waals surface area (Å²) >= 11 is 1.67. The van der Waals surface area contributed by atoms with Crippen LogP contribution >= 0.6 is 11.3 Å². The first-order chi connectivity index (χ1) is 8.79. The lowest BCUT2D eigenvalue weighted by atomic mass is 10.2. The van der Waals surface area contributed by atoms with Crippen molar-refractivity contribution in [2.75, 3.05) is 6.61 Å². The van der Waals surface area contributed by atoms with E-state index in [1.807, 2.05) is 36.7 Å². The molecule has 0 saturated heterocycles. The van der Waals surface area contributed by atoms with Crippen LogP contribution in [0.4, 0.5) is 0 Å². The molecule has 2 aromatic rings. The Hall–Kier alpha value is -1.70. The first kappa shape index (κ1) is 12.7. The predicted octanol–water partition coefficient (Wildman–Crippen LogP) is 3.08. The Labute approximate surface area is 111 Å². The third-order valence-electron chi connectivity index (χ3n) is 2.67. The van der Waals surface area contributed by atoms with Crippen molar-refractivity contribution in [3.8, 4) is 6.07 Å². The first-order valence-corrected chi connectivity index (χ1v) is 6.63. The van der Waals surface area contributed by atoms with Crippen LogP contribution in [-0.2, 0) is 17.8 Å². The largest absolute Gasteiger partial charge is 0.376 e. The van der Waals surface area contributed by atoms with Gasteiger partial charge in [0.05, 0.1) is 36.1 Å². The molecule has 18 heavy (non-hydrogen) atoms. The van der Waals surface area contributed by atoms with Crippen LogP contribution in [0.25, 0.3) is 0 Å². The van der Waals surface area contributed by atoms with Gasteiger partial charge in [-0.1, -0.05) is 12.1 Å². The van der Waals surface area contributed by atoms with Gasteiger partial charge in [0.25, 0.3) is 0 Å². The molecule has 0 fully saturated rings. The summed E-state index contributed by atoms with van der Waals surface area (Å²) in [5.74, 6) is 0. The Morgan fingerprint density at radius 3 is 2.72 bits per heavy atom. The van der Waals surface area contributed by atoms with Gasteiger partial charge < -0.3 is 4.74 Å². The van der Waals surface area contributed by atoms with Gasteiger partial charge in [-0.25, -0.2) is 4.98 Å². The van der Waals surface area contributed by atoms with Gasteiger partial charge in [0.15, 0.2) is 0 Å². The van der Waals surface area contributed by atoms with E-state index in [-0.39, 0.29) is 0 Å². The molecule has 92 valence electrons. The molecule has 1 heterocycles. The minimum Gasteiger partial charge on any atom is -0.376 e. The van der Waals surface area contributed by atoms with Crippen LogP contribution in [0.2, 0.25) is 0 Å². The van der Waals surface area contributed by atoms with E-state index in [4.69, 9.17) is 10.00 Å². The number of hydrogen-bond acceptors (Lipinski definition) is 4. The van der Waals surface area contributed by atoms with E-state index in [1.165, 1.54) is 4.88 Å². The quantitative estimate of drug-likeness (QED) is 0.774. The van der Waals surface area contributed by atoms with Crippen molar-refractivity contribution in [2.45, 2.75) is 20.0 Å². The van der Waals surface area contributed by atoms with Crippen molar-refractivity contribution < 1.29 is 4.74 Å². The number of aromatic nitrogens is 1. The van der Waals surface area contributed by atoms with E-state index in [0.29, 0.717) is 18.8 Å². The third-order valence-corrected chi connectivity index (χ3v) is 3.66. The van der Waals surface area contributed by atoms with Crippen molar-refractivity contribution in [2.24, 2.45) is 0 Å². The lowest BCUT2D eigenvalue weighted by Crippen LogP contribution is -1.99. The normalized spacial score (nSPS) is 10.2. The Balaban J connectivity index is 1.75. The predicted molar refractivity (Wildman–Crippen MR) is 71.4 cm³/mol. The summed E-state index contributed by atoms with van der Waals surface area (Å²) in [5.41, 5.74) is 4.74. The smallest absolute Gasteiger partial charge is 0.0991 e. The summed E-state index contributed by atoms with van der Waals surface area (Å²) in [6.07, 6.45) is 0.910. The minimum absolute atomic E-state index is 0.587. The summed E-state index contributed by atoms with van der Waals surface area (Å²) in [5, 5.41) is 8.69. The number of rotatable bonds is 5. The number of aryl methyl sites for hydroxylation is 1. The highest BCUT2D eigenvalue weighted by atomic mass is 32.1. The summed E-state index contributed by atoms with van der Waals surface area (Å²) in [6.45, 7) is 3.30. The van der Waals surface area contributed by atoms with Gasteiger partial charge in [0.2, 0.25) is 0 Å². The minimum atomic E-state index is 0.587. The van der Waals surface area contributed by atoms with E-state index < -0.39 is 0 Å². The number of ether oxygens (including phenoxy) is 1. The van der Waals surface area contributed by atoms with Gasteiger partial charge in [-0.05, 0) is 24.6 Å². The molecular formula is C14H14N2OS. The van der Waals surface area contributed by atoms with Crippen molar-refractivity contribution in [1.29, 1.82) is 5.26 Å². The lowest BCUT2D eigenvalue weighted by molar-refractivity contribution is 0.124. The molecule has 0 amide bonds. The van der Waals surface area contributed by atoms with Crippen LogP contribution in [-0.4, -0.2) is 11.6 Å². The molecule has 0 spiro atoms. The van der Waals surface area contributed by atoms with Crippen molar-refractivity contribution in [1.82, 2.24) is 4.98 Å². The van der Waals surface area contributed by atoms with Crippen molar-refractivity contribution in [3.63, 3.8) is 0 Å².